The molecule has 0 saturated carbocycles. The zero-order valence-electron chi connectivity index (χ0n) is 10.7. The van der Waals surface area contributed by atoms with Crippen LogP contribution < -0.4 is 0 Å². The zero-order chi connectivity index (χ0) is 12.4. The summed E-state index contributed by atoms with van der Waals surface area (Å²) in [5, 5.41) is 9.97. The Kier molecular flexibility index (Phi) is 3.48. The number of hydrogen-bond donors (Lipinski definition) is 1. The average Bonchev–Trinajstić information content (AvgIpc) is 2.55. The number of benzene rings is 1. The maximum absolute atomic E-state index is 9.97. The molecule has 0 saturated heterocycles. The van der Waals surface area contributed by atoms with Crippen molar-refractivity contribution in [1.82, 2.24) is 9.55 Å². The van der Waals surface area contributed by atoms with Gasteiger partial charge in [-0.15, -0.1) is 0 Å². The van der Waals surface area contributed by atoms with Crippen molar-refractivity contribution in [2.45, 2.75) is 32.8 Å². The Morgan fingerprint density at radius 3 is 2.65 bits per heavy atom. The van der Waals surface area contributed by atoms with Crippen LogP contribution in [0.4, 0.5) is 0 Å². The maximum Gasteiger partial charge on any atom is 0.112 e. The van der Waals surface area contributed by atoms with Crippen LogP contribution in [0.3, 0.4) is 0 Å². The van der Waals surface area contributed by atoms with Gasteiger partial charge in [-0.25, -0.2) is 4.98 Å². The van der Waals surface area contributed by atoms with Gasteiger partial charge in [-0.3, -0.25) is 0 Å². The normalized spacial score (nSPS) is 13.5. The molecule has 92 valence electrons. The molecule has 1 atom stereocenters. The van der Waals surface area contributed by atoms with E-state index < -0.39 is 0 Å². The number of hydrogen-bond acceptors (Lipinski definition) is 2. The number of nitrogens with zero attached hydrogens (tertiary/aromatic N) is 2. The van der Waals surface area contributed by atoms with E-state index >= 15 is 0 Å². The van der Waals surface area contributed by atoms with E-state index in [-0.39, 0.29) is 6.10 Å². The molecule has 1 aromatic carbocycles. The molecule has 0 radical (unpaired) electrons. The first-order chi connectivity index (χ1) is 8.08. The molecule has 0 aliphatic carbocycles. The fraction of sp³-hybridized carbons (Fsp3) is 0.500. The third-order valence-corrected chi connectivity index (χ3v) is 3.04. The molecule has 3 nitrogen and oxygen atoms in total. The van der Waals surface area contributed by atoms with E-state index in [0.717, 1.165) is 23.3 Å². The Balaban J connectivity index is 2.21. The highest BCUT2D eigenvalue weighted by atomic mass is 16.3. The predicted molar refractivity (Wildman–Crippen MR) is 69.9 cm³/mol. The summed E-state index contributed by atoms with van der Waals surface area (Å²) in [5.74, 6) is 1.47. The van der Waals surface area contributed by atoms with Crippen LogP contribution in [0.25, 0.3) is 11.0 Å². The Labute approximate surface area is 102 Å². The fourth-order valence-corrected chi connectivity index (χ4v) is 2.22. The van der Waals surface area contributed by atoms with E-state index in [1.807, 2.05) is 25.2 Å². The van der Waals surface area contributed by atoms with E-state index in [1.165, 1.54) is 0 Å². The summed E-state index contributed by atoms with van der Waals surface area (Å²) >= 11 is 0. The second-order valence-electron chi connectivity index (χ2n) is 5.06. The fourth-order valence-electron chi connectivity index (χ4n) is 2.22. The third kappa shape index (κ3) is 2.67. The van der Waals surface area contributed by atoms with Gasteiger partial charge in [0.1, 0.15) is 5.82 Å². The predicted octanol–water partition coefficient (Wildman–Crippen LogP) is 2.52. The lowest BCUT2D eigenvalue weighted by molar-refractivity contribution is 0.146. The van der Waals surface area contributed by atoms with Crippen LogP contribution in [-0.4, -0.2) is 20.8 Å². The summed E-state index contributed by atoms with van der Waals surface area (Å²) in [6, 6.07) is 8.07. The summed E-state index contributed by atoms with van der Waals surface area (Å²) < 4.78 is 2.07. The van der Waals surface area contributed by atoms with Crippen LogP contribution in [0.5, 0.6) is 0 Å². The molecule has 3 heteroatoms. The van der Waals surface area contributed by atoms with Crippen molar-refractivity contribution in [2.75, 3.05) is 0 Å². The van der Waals surface area contributed by atoms with Crippen molar-refractivity contribution in [3.8, 4) is 0 Å². The number of aryl methyl sites for hydroxylation is 1. The smallest absolute Gasteiger partial charge is 0.112 e. The Bertz CT molecular complexity index is 502. The number of rotatable bonds is 4. The van der Waals surface area contributed by atoms with Gasteiger partial charge in [0.15, 0.2) is 0 Å². The number of fused-ring (bicyclic) bond motifs is 1. The highest BCUT2D eigenvalue weighted by Gasteiger charge is 2.13. The van der Waals surface area contributed by atoms with Gasteiger partial charge >= 0.3 is 0 Å². The van der Waals surface area contributed by atoms with E-state index in [0.29, 0.717) is 12.3 Å². The minimum absolute atomic E-state index is 0.300. The summed E-state index contributed by atoms with van der Waals surface area (Å²) in [6.07, 6.45) is 1.15. The van der Waals surface area contributed by atoms with Crippen LogP contribution in [0.2, 0.25) is 0 Å². The van der Waals surface area contributed by atoms with Gasteiger partial charge in [0.2, 0.25) is 0 Å². The van der Waals surface area contributed by atoms with Gasteiger partial charge in [0.25, 0.3) is 0 Å². The van der Waals surface area contributed by atoms with Crippen LogP contribution >= 0.6 is 0 Å². The van der Waals surface area contributed by atoms with Gasteiger partial charge in [-0.05, 0) is 24.5 Å². The first-order valence-corrected chi connectivity index (χ1v) is 6.16. The van der Waals surface area contributed by atoms with Crippen molar-refractivity contribution in [1.29, 1.82) is 0 Å². The van der Waals surface area contributed by atoms with Gasteiger partial charge in [-0.1, -0.05) is 26.0 Å². The largest absolute Gasteiger partial charge is 0.393 e. The molecule has 0 fully saturated rings. The Morgan fingerprint density at radius 1 is 1.29 bits per heavy atom. The SMILES string of the molecule is CC(C)CC(O)Cc1nc2ccccc2n1C. The first-order valence-electron chi connectivity index (χ1n) is 6.16. The van der Waals surface area contributed by atoms with Gasteiger partial charge in [0.05, 0.1) is 17.1 Å². The molecular weight excluding hydrogens is 212 g/mol. The summed E-state index contributed by atoms with van der Waals surface area (Å²) in [7, 11) is 2.01. The number of aliphatic hydroxyl groups is 1. The molecule has 0 aliphatic heterocycles. The van der Waals surface area contributed by atoms with Crippen molar-refractivity contribution in [3.05, 3.63) is 30.1 Å². The molecule has 1 N–H and O–H groups in total. The molecular formula is C14H20N2O. The Morgan fingerprint density at radius 2 is 2.00 bits per heavy atom. The summed E-state index contributed by atoms with van der Waals surface area (Å²) in [6.45, 7) is 4.25. The highest BCUT2D eigenvalue weighted by Crippen LogP contribution is 2.17. The number of imidazole rings is 1. The van der Waals surface area contributed by atoms with Crippen LogP contribution in [0.15, 0.2) is 24.3 Å². The quantitative estimate of drug-likeness (QED) is 0.879. The molecule has 1 heterocycles. The maximum atomic E-state index is 9.97. The van der Waals surface area contributed by atoms with E-state index in [2.05, 4.69) is 29.5 Å². The minimum Gasteiger partial charge on any atom is -0.393 e. The van der Waals surface area contributed by atoms with Crippen molar-refractivity contribution in [3.63, 3.8) is 0 Å². The van der Waals surface area contributed by atoms with Crippen molar-refractivity contribution in [2.24, 2.45) is 13.0 Å². The van der Waals surface area contributed by atoms with Crippen molar-refractivity contribution < 1.29 is 5.11 Å². The lowest BCUT2D eigenvalue weighted by Gasteiger charge is -2.12. The topological polar surface area (TPSA) is 38.1 Å². The second kappa shape index (κ2) is 4.88. The Hall–Kier alpha value is -1.35. The molecule has 17 heavy (non-hydrogen) atoms. The molecule has 1 aromatic heterocycles. The third-order valence-electron chi connectivity index (χ3n) is 3.04. The van der Waals surface area contributed by atoms with Crippen LogP contribution in [-0.2, 0) is 13.5 Å². The standard InChI is InChI=1S/C14H20N2O/c1-10(2)8-11(17)9-14-15-12-6-4-5-7-13(12)16(14)3/h4-7,10-11,17H,8-9H2,1-3H3. The van der Waals surface area contributed by atoms with Gasteiger partial charge in [-0.2, -0.15) is 0 Å². The minimum atomic E-state index is -0.300. The van der Waals surface area contributed by atoms with Gasteiger partial charge < -0.3 is 9.67 Å². The average molecular weight is 232 g/mol. The summed E-state index contributed by atoms with van der Waals surface area (Å²) in [4.78, 5) is 4.56. The lowest BCUT2D eigenvalue weighted by Crippen LogP contribution is -2.16. The lowest BCUT2D eigenvalue weighted by atomic mass is 10.0. The second-order valence-corrected chi connectivity index (χ2v) is 5.06. The van der Waals surface area contributed by atoms with Gasteiger partial charge in [0, 0.05) is 13.5 Å². The van der Waals surface area contributed by atoms with Crippen LogP contribution in [0, 0.1) is 5.92 Å². The molecule has 1 unspecified atom stereocenters. The zero-order valence-corrected chi connectivity index (χ0v) is 10.7. The number of para-hydroxylation sites is 2. The molecule has 0 aliphatic rings. The molecule has 2 aromatic rings. The monoisotopic (exact) mass is 232 g/mol. The molecule has 0 spiro atoms. The van der Waals surface area contributed by atoms with Crippen LogP contribution in [0.1, 0.15) is 26.1 Å². The highest BCUT2D eigenvalue weighted by molar-refractivity contribution is 5.75. The molecule has 0 bridgehead atoms. The van der Waals surface area contributed by atoms with E-state index in [9.17, 15) is 5.11 Å². The summed E-state index contributed by atoms with van der Waals surface area (Å²) in [5.41, 5.74) is 2.13. The van der Waals surface area contributed by atoms with Crippen molar-refractivity contribution >= 4 is 11.0 Å². The number of aliphatic hydroxyl groups excluding tert-OH is 1. The molecule has 2 rings (SSSR count). The number of aromatic nitrogens is 2. The first kappa shape index (κ1) is 12.1. The molecule has 0 amide bonds. The van der Waals surface area contributed by atoms with E-state index in [1.54, 1.807) is 0 Å². The van der Waals surface area contributed by atoms with E-state index in [4.69, 9.17) is 0 Å².